The maximum atomic E-state index is 12.5. The summed E-state index contributed by atoms with van der Waals surface area (Å²) in [6, 6.07) is 12.8. The maximum Gasteiger partial charge on any atom is 0.285 e. The second kappa shape index (κ2) is 8.34. The number of sulfonamides is 1. The van der Waals surface area contributed by atoms with Gasteiger partial charge in [-0.3, -0.25) is 9.59 Å². The summed E-state index contributed by atoms with van der Waals surface area (Å²) in [5, 5.41) is 2.65. The lowest BCUT2D eigenvalue weighted by atomic mass is 10.2. The van der Waals surface area contributed by atoms with Crippen LogP contribution in [0.3, 0.4) is 0 Å². The molecule has 2 aromatic rings. The van der Waals surface area contributed by atoms with Crippen LogP contribution in [-0.4, -0.2) is 44.6 Å². The molecular weight excluding hydrogens is 398 g/mol. The molecule has 0 aromatic heterocycles. The first-order valence-electron chi connectivity index (χ1n) is 8.67. The lowest BCUT2D eigenvalue weighted by molar-refractivity contribution is 0.102. The van der Waals surface area contributed by atoms with Crippen LogP contribution in [0.5, 0.6) is 0 Å². The Morgan fingerprint density at radius 1 is 1.07 bits per heavy atom. The predicted molar refractivity (Wildman–Crippen MR) is 109 cm³/mol. The van der Waals surface area contributed by atoms with Crippen LogP contribution in [0.25, 0.3) is 0 Å². The Morgan fingerprint density at radius 2 is 1.75 bits per heavy atom. The second-order valence-electron chi connectivity index (χ2n) is 6.66. The van der Waals surface area contributed by atoms with Gasteiger partial charge in [0.1, 0.15) is 0 Å². The van der Waals surface area contributed by atoms with E-state index in [1.54, 1.807) is 50.5 Å². The van der Waals surface area contributed by atoms with Gasteiger partial charge >= 0.3 is 0 Å². The van der Waals surface area contributed by atoms with Crippen molar-refractivity contribution in [3.05, 3.63) is 54.1 Å². The summed E-state index contributed by atoms with van der Waals surface area (Å²) in [4.78, 5) is 26.5. The van der Waals surface area contributed by atoms with E-state index in [9.17, 15) is 18.0 Å². The fourth-order valence-corrected chi connectivity index (χ4v) is 4.30. The normalized spacial score (nSPS) is 13.8. The predicted octanol–water partition coefficient (Wildman–Crippen LogP) is 3.15. The van der Waals surface area contributed by atoms with Crippen LogP contribution < -0.4 is 10.0 Å². The van der Waals surface area contributed by atoms with E-state index in [0.717, 1.165) is 29.5 Å². The maximum absolute atomic E-state index is 12.5. The zero-order valence-electron chi connectivity index (χ0n) is 15.5. The Bertz CT molecular complexity index is 984. The number of benzene rings is 2. The number of hydrogen-bond donors (Lipinski definition) is 2. The fourth-order valence-electron chi connectivity index (χ4n) is 2.29. The Kier molecular flexibility index (Phi) is 6.07. The lowest BCUT2D eigenvalue weighted by Crippen LogP contribution is -2.26. The summed E-state index contributed by atoms with van der Waals surface area (Å²) >= 11 is 1.09. The summed E-state index contributed by atoms with van der Waals surface area (Å²) in [5.41, 5.74) is 0.802. The van der Waals surface area contributed by atoms with Gasteiger partial charge in [-0.2, -0.15) is 0 Å². The third-order valence-corrected chi connectivity index (χ3v) is 6.55. The molecule has 0 atom stereocenters. The number of nitrogens with one attached hydrogen (secondary N) is 2. The van der Waals surface area contributed by atoms with Crippen molar-refractivity contribution in [2.24, 2.45) is 0 Å². The number of carbonyl (C=O) groups is 2. The minimum Gasteiger partial charge on any atom is -0.339 e. The van der Waals surface area contributed by atoms with E-state index in [1.165, 1.54) is 17.0 Å². The molecule has 0 aliphatic heterocycles. The fraction of sp³-hybridized carbons (Fsp3) is 0.263. The average Bonchev–Trinajstić information content (AvgIpc) is 3.46. The van der Waals surface area contributed by atoms with Crippen LogP contribution >= 0.6 is 11.8 Å². The molecule has 0 bridgehead atoms. The molecule has 0 spiro atoms. The first kappa shape index (κ1) is 20.4. The van der Waals surface area contributed by atoms with Gasteiger partial charge in [0.2, 0.25) is 10.0 Å². The van der Waals surface area contributed by atoms with Gasteiger partial charge in [0.05, 0.1) is 4.90 Å². The van der Waals surface area contributed by atoms with Crippen LogP contribution in [0.2, 0.25) is 0 Å². The lowest BCUT2D eigenvalue weighted by Gasteiger charge is -2.10. The number of carbonyl (C=O) groups excluding carboxylic acids is 2. The molecule has 1 aliphatic rings. The Morgan fingerprint density at radius 3 is 2.36 bits per heavy atom. The zero-order valence-corrected chi connectivity index (χ0v) is 17.1. The van der Waals surface area contributed by atoms with Crippen molar-refractivity contribution in [1.82, 2.24) is 9.62 Å². The first-order valence-corrected chi connectivity index (χ1v) is 11.0. The molecular formula is C19H21N3O4S2. The van der Waals surface area contributed by atoms with Gasteiger partial charge in [0.25, 0.3) is 11.1 Å². The molecule has 28 heavy (non-hydrogen) atoms. The van der Waals surface area contributed by atoms with E-state index in [0.29, 0.717) is 5.69 Å². The Labute approximate surface area is 168 Å². The summed E-state index contributed by atoms with van der Waals surface area (Å²) in [7, 11) is -0.261. The number of nitrogens with zero attached hydrogens (tertiary/aromatic N) is 1. The third-order valence-electron chi connectivity index (χ3n) is 3.99. The summed E-state index contributed by atoms with van der Waals surface area (Å²) in [5.74, 6) is -0.409. The molecule has 148 valence electrons. The first-order chi connectivity index (χ1) is 13.2. The highest BCUT2D eigenvalue weighted by atomic mass is 32.2. The highest BCUT2D eigenvalue weighted by Crippen LogP contribution is 2.24. The monoisotopic (exact) mass is 419 g/mol. The third kappa shape index (κ3) is 5.34. The molecule has 2 N–H and O–H groups in total. The quantitative estimate of drug-likeness (QED) is 0.702. The van der Waals surface area contributed by atoms with Gasteiger partial charge in [-0.05, 0) is 67.1 Å². The summed E-state index contributed by atoms with van der Waals surface area (Å²) in [6.07, 6.45) is 1.68. The summed E-state index contributed by atoms with van der Waals surface area (Å²) < 4.78 is 27.2. The molecule has 9 heteroatoms. The van der Waals surface area contributed by atoms with E-state index >= 15 is 0 Å². The molecule has 0 radical (unpaired) electrons. The van der Waals surface area contributed by atoms with Crippen molar-refractivity contribution in [1.29, 1.82) is 0 Å². The van der Waals surface area contributed by atoms with Gasteiger partial charge in [-0.25, -0.2) is 13.1 Å². The van der Waals surface area contributed by atoms with Crippen LogP contribution in [0.1, 0.15) is 23.2 Å². The van der Waals surface area contributed by atoms with E-state index in [4.69, 9.17) is 0 Å². The minimum absolute atomic E-state index is 0.00163. The molecule has 0 heterocycles. The molecule has 7 nitrogen and oxygen atoms in total. The Hall–Kier alpha value is -2.36. The molecule has 2 aromatic carbocycles. The second-order valence-corrected chi connectivity index (χ2v) is 9.40. The van der Waals surface area contributed by atoms with E-state index in [-0.39, 0.29) is 21.7 Å². The topological polar surface area (TPSA) is 95.6 Å². The van der Waals surface area contributed by atoms with E-state index < -0.39 is 15.9 Å². The zero-order chi connectivity index (χ0) is 20.3. The SMILES string of the molecule is CN(C)C(=O)Sc1ccc(NC(=O)c2cccc(S(=O)(=O)NC3CC3)c2)cc1. The van der Waals surface area contributed by atoms with E-state index in [2.05, 4.69) is 10.0 Å². The Balaban J connectivity index is 1.67. The van der Waals surface area contributed by atoms with Gasteiger partial charge in [-0.15, -0.1) is 0 Å². The van der Waals surface area contributed by atoms with Gasteiger partial charge in [0.15, 0.2) is 0 Å². The molecule has 0 unspecified atom stereocenters. The standard InChI is InChI=1S/C19H21N3O4S2/c1-22(2)19(24)27-16-10-8-14(9-11-16)20-18(23)13-4-3-5-17(12-13)28(25,26)21-15-6-7-15/h3-5,8-12,15,21H,6-7H2,1-2H3,(H,20,23). The molecule has 3 rings (SSSR count). The largest absolute Gasteiger partial charge is 0.339 e. The molecule has 1 saturated carbocycles. The van der Waals surface area contributed by atoms with Gasteiger partial charge < -0.3 is 10.2 Å². The molecule has 1 fully saturated rings. The number of thioether (sulfide) groups is 1. The van der Waals surface area contributed by atoms with Crippen molar-refractivity contribution < 1.29 is 18.0 Å². The molecule has 1 aliphatic carbocycles. The highest BCUT2D eigenvalue weighted by Gasteiger charge is 2.28. The van der Waals surface area contributed by atoms with Crippen LogP contribution in [0.15, 0.2) is 58.3 Å². The number of hydrogen-bond acceptors (Lipinski definition) is 5. The average molecular weight is 420 g/mol. The number of anilines is 1. The highest BCUT2D eigenvalue weighted by molar-refractivity contribution is 8.13. The van der Waals surface area contributed by atoms with Gasteiger partial charge in [-0.1, -0.05) is 6.07 Å². The smallest absolute Gasteiger partial charge is 0.285 e. The van der Waals surface area contributed by atoms with Crippen molar-refractivity contribution in [2.75, 3.05) is 19.4 Å². The molecule has 0 saturated heterocycles. The van der Waals surface area contributed by atoms with Crippen molar-refractivity contribution in [2.45, 2.75) is 28.7 Å². The van der Waals surface area contributed by atoms with Crippen molar-refractivity contribution in [3.63, 3.8) is 0 Å². The molecule has 2 amide bonds. The van der Waals surface area contributed by atoms with Crippen LogP contribution in [0, 0.1) is 0 Å². The number of rotatable bonds is 6. The van der Waals surface area contributed by atoms with Crippen molar-refractivity contribution >= 4 is 38.6 Å². The van der Waals surface area contributed by atoms with Gasteiger partial charge in [0, 0.05) is 36.3 Å². The minimum atomic E-state index is -3.62. The van der Waals surface area contributed by atoms with Crippen LogP contribution in [-0.2, 0) is 10.0 Å². The number of amides is 2. The van der Waals surface area contributed by atoms with Crippen LogP contribution in [0.4, 0.5) is 10.5 Å². The van der Waals surface area contributed by atoms with Crippen molar-refractivity contribution in [3.8, 4) is 0 Å². The summed E-state index contributed by atoms with van der Waals surface area (Å²) in [6.45, 7) is 0. The van der Waals surface area contributed by atoms with E-state index in [1.807, 2.05) is 0 Å².